The lowest BCUT2D eigenvalue weighted by Gasteiger charge is -1.94. The van der Waals surface area contributed by atoms with Crippen LogP contribution in [0.3, 0.4) is 0 Å². The molecule has 1 atom stereocenters. The van der Waals surface area contributed by atoms with Crippen molar-refractivity contribution in [2.45, 2.75) is 12.8 Å². The van der Waals surface area contributed by atoms with Crippen molar-refractivity contribution in [2.75, 3.05) is 6.61 Å². The smallest absolute Gasteiger partial charge is 0.306 e. The van der Waals surface area contributed by atoms with Crippen molar-refractivity contribution in [3.8, 4) is 0 Å². The summed E-state index contributed by atoms with van der Waals surface area (Å²) in [5, 5.41) is 0. The zero-order valence-electron chi connectivity index (χ0n) is 5.00. The molecule has 1 saturated heterocycles. The lowest BCUT2D eigenvalue weighted by atomic mass is 10.1. The first-order valence-electron chi connectivity index (χ1n) is 2.92. The second-order valence-electron chi connectivity index (χ2n) is 2.16. The molecular formula is C6H8O3. The standard InChI is InChI=1S/C6H8O3/c7-2-1-5-3-6(8)9-4-5/h2,5H,1,3-4H2. The average Bonchev–Trinajstić information content (AvgIpc) is 2.17. The summed E-state index contributed by atoms with van der Waals surface area (Å²) in [4.78, 5) is 20.3. The predicted octanol–water partition coefficient (Wildman–Crippen LogP) is 0.138. The van der Waals surface area contributed by atoms with Crippen molar-refractivity contribution < 1.29 is 14.3 Å². The van der Waals surface area contributed by atoms with Crippen LogP contribution in [-0.2, 0) is 14.3 Å². The number of carbonyl (C=O) groups excluding carboxylic acids is 2. The lowest BCUT2D eigenvalue weighted by Crippen LogP contribution is -1.98. The monoisotopic (exact) mass is 128 g/mol. The van der Waals surface area contributed by atoms with Gasteiger partial charge < -0.3 is 9.53 Å². The van der Waals surface area contributed by atoms with Gasteiger partial charge in [0.15, 0.2) is 0 Å². The molecule has 9 heavy (non-hydrogen) atoms. The third kappa shape index (κ3) is 1.52. The number of aldehydes is 1. The van der Waals surface area contributed by atoms with Gasteiger partial charge in [0.2, 0.25) is 0 Å². The number of ether oxygens (including phenoxy) is 1. The van der Waals surface area contributed by atoms with Crippen molar-refractivity contribution in [2.24, 2.45) is 5.92 Å². The Hall–Kier alpha value is -0.860. The van der Waals surface area contributed by atoms with E-state index >= 15 is 0 Å². The molecule has 0 bridgehead atoms. The van der Waals surface area contributed by atoms with Crippen LogP contribution in [0.1, 0.15) is 12.8 Å². The lowest BCUT2D eigenvalue weighted by molar-refractivity contribution is -0.137. The maximum atomic E-state index is 10.4. The molecule has 1 fully saturated rings. The van der Waals surface area contributed by atoms with Gasteiger partial charge in [-0.1, -0.05) is 0 Å². The molecule has 0 radical (unpaired) electrons. The molecule has 0 amide bonds. The summed E-state index contributed by atoms with van der Waals surface area (Å²) in [5.41, 5.74) is 0. The minimum Gasteiger partial charge on any atom is -0.465 e. The second-order valence-corrected chi connectivity index (χ2v) is 2.16. The van der Waals surface area contributed by atoms with Crippen LogP contribution in [0.25, 0.3) is 0 Å². The fraction of sp³-hybridized carbons (Fsp3) is 0.667. The van der Waals surface area contributed by atoms with Crippen molar-refractivity contribution in [1.29, 1.82) is 0 Å². The number of hydrogen-bond acceptors (Lipinski definition) is 3. The number of hydrogen-bond donors (Lipinski definition) is 0. The summed E-state index contributed by atoms with van der Waals surface area (Å²) >= 11 is 0. The van der Waals surface area contributed by atoms with Gasteiger partial charge in [0.05, 0.1) is 13.0 Å². The molecule has 3 nitrogen and oxygen atoms in total. The first-order chi connectivity index (χ1) is 4.33. The zero-order valence-corrected chi connectivity index (χ0v) is 5.00. The van der Waals surface area contributed by atoms with Crippen LogP contribution in [0.4, 0.5) is 0 Å². The zero-order chi connectivity index (χ0) is 6.69. The second kappa shape index (κ2) is 2.62. The van der Waals surface area contributed by atoms with Crippen LogP contribution in [0, 0.1) is 5.92 Å². The summed E-state index contributed by atoms with van der Waals surface area (Å²) < 4.78 is 4.62. The van der Waals surface area contributed by atoms with E-state index in [1.807, 2.05) is 0 Å². The Bertz CT molecular complexity index is 130. The normalized spacial score (nSPS) is 25.8. The fourth-order valence-electron chi connectivity index (χ4n) is 0.852. The predicted molar refractivity (Wildman–Crippen MR) is 29.7 cm³/mol. The van der Waals surface area contributed by atoms with E-state index < -0.39 is 0 Å². The molecular weight excluding hydrogens is 120 g/mol. The van der Waals surface area contributed by atoms with Gasteiger partial charge in [0, 0.05) is 12.3 Å². The Morgan fingerprint density at radius 2 is 2.56 bits per heavy atom. The topological polar surface area (TPSA) is 43.4 Å². The van der Waals surface area contributed by atoms with E-state index in [1.54, 1.807) is 0 Å². The van der Waals surface area contributed by atoms with Gasteiger partial charge >= 0.3 is 5.97 Å². The molecule has 0 aromatic rings. The molecule has 0 aromatic carbocycles. The van der Waals surface area contributed by atoms with Crippen LogP contribution >= 0.6 is 0 Å². The van der Waals surface area contributed by atoms with Crippen LogP contribution < -0.4 is 0 Å². The molecule has 1 aliphatic rings. The van der Waals surface area contributed by atoms with Crippen molar-refractivity contribution in [3.05, 3.63) is 0 Å². The molecule has 0 N–H and O–H groups in total. The van der Waals surface area contributed by atoms with E-state index in [1.165, 1.54) is 0 Å². The van der Waals surface area contributed by atoms with E-state index in [-0.39, 0.29) is 11.9 Å². The van der Waals surface area contributed by atoms with Gasteiger partial charge in [-0.05, 0) is 0 Å². The van der Waals surface area contributed by atoms with E-state index in [2.05, 4.69) is 4.74 Å². The summed E-state index contributed by atoms with van der Waals surface area (Å²) in [5.74, 6) is -0.0307. The van der Waals surface area contributed by atoms with Gasteiger partial charge in [0.1, 0.15) is 6.29 Å². The minimum absolute atomic E-state index is 0.148. The van der Waals surface area contributed by atoms with Gasteiger partial charge in [-0.3, -0.25) is 4.79 Å². The van der Waals surface area contributed by atoms with Crippen molar-refractivity contribution in [3.63, 3.8) is 0 Å². The highest BCUT2D eigenvalue weighted by Gasteiger charge is 2.22. The Labute approximate surface area is 53.0 Å². The van der Waals surface area contributed by atoms with E-state index in [0.29, 0.717) is 19.4 Å². The maximum Gasteiger partial charge on any atom is 0.306 e. The maximum absolute atomic E-state index is 10.4. The highest BCUT2D eigenvalue weighted by atomic mass is 16.5. The molecule has 0 aliphatic carbocycles. The number of cyclic esters (lactones) is 1. The number of carbonyl (C=O) groups is 2. The highest BCUT2D eigenvalue weighted by Crippen LogP contribution is 2.15. The summed E-state index contributed by atoms with van der Waals surface area (Å²) in [6, 6.07) is 0. The summed E-state index contributed by atoms with van der Waals surface area (Å²) in [7, 11) is 0. The SMILES string of the molecule is O=CCC1COC(=O)C1. The molecule has 1 heterocycles. The quantitative estimate of drug-likeness (QED) is 0.392. The molecule has 1 rings (SSSR count). The van der Waals surface area contributed by atoms with Crippen LogP contribution in [0.5, 0.6) is 0 Å². The highest BCUT2D eigenvalue weighted by molar-refractivity contribution is 5.72. The first kappa shape index (κ1) is 6.26. The Morgan fingerprint density at radius 1 is 1.78 bits per heavy atom. The van der Waals surface area contributed by atoms with E-state index in [4.69, 9.17) is 0 Å². The third-order valence-corrected chi connectivity index (χ3v) is 1.36. The van der Waals surface area contributed by atoms with Crippen LogP contribution in [0.15, 0.2) is 0 Å². The average molecular weight is 128 g/mol. The third-order valence-electron chi connectivity index (χ3n) is 1.36. The van der Waals surface area contributed by atoms with Crippen molar-refractivity contribution >= 4 is 12.3 Å². The first-order valence-corrected chi connectivity index (χ1v) is 2.92. The Balaban J connectivity index is 2.29. The molecule has 1 aliphatic heterocycles. The largest absolute Gasteiger partial charge is 0.465 e. The summed E-state index contributed by atoms with van der Waals surface area (Å²) in [6.45, 7) is 0.428. The molecule has 0 saturated carbocycles. The van der Waals surface area contributed by atoms with E-state index in [0.717, 1.165) is 6.29 Å². The van der Waals surface area contributed by atoms with Gasteiger partial charge in [-0.15, -0.1) is 0 Å². The number of rotatable bonds is 2. The minimum atomic E-state index is -0.179. The molecule has 50 valence electrons. The molecule has 0 aromatic heterocycles. The number of esters is 1. The fourth-order valence-corrected chi connectivity index (χ4v) is 0.852. The van der Waals surface area contributed by atoms with Crippen LogP contribution in [-0.4, -0.2) is 18.9 Å². The molecule has 1 unspecified atom stereocenters. The molecule has 0 spiro atoms. The Morgan fingerprint density at radius 3 is 3.00 bits per heavy atom. The van der Waals surface area contributed by atoms with Gasteiger partial charge in [-0.2, -0.15) is 0 Å². The van der Waals surface area contributed by atoms with E-state index in [9.17, 15) is 9.59 Å². The molecule has 3 heteroatoms. The van der Waals surface area contributed by atoms with Gasteiger partial charge in [0.25, 0.3) is 0 Å². The van der Waals surface area contributed by atoms with Crippen molar-refractivity contribution in [1.82, 2.24) is 0 Å². The Kier molecular flexibility index (Phi) is 1.82. The summed E-state index contributed by atoms with van der Waals surface area (Å²) in [6.07, 6.45) is 1.69. The van der Waals surface area contributed by atoms with Gasteiger partial charge in [-0.25, -0.2) is 0 Å². The van der Waals surface area contributed by atoms with Crippen LogP contribution in [0.2, 0.25) is 0 Å².